The first-order chi connectivity index (χ1) is 12.1. The number of aromatic nitrogens is 2. The van der Waals surface area contributed by atoms with E-state index in [-0.39, 0.29) is 5.91 Å². The standard InChI is InChI=1S/C16H17Cl2N3O2S2/c1-2-14(22)21(11-4-5-11)15-19-20-16(25-15)24-8-7-23-13-6-3-10(17)9-12(13)18/h3,6,9,11H,2,4-5,7-8H2,1H3. The van der Waals surface area contributed by atoms with E-state index < -0.39 is 0 Å². The highest BCUT2D eigenvalue weighted by Crippen LogP contribution is 2.36. The average Bonchev–Trinajstić information content (AvgIpc) is 3.31. The van der Waals surface area contributed by atoms with Gasteiger partial charge in [-0.25, -0.2) is 0 Å². The highest BCUT2D eigenvalue weighted by Gasteiger charge is 2.35. The van der Waals surface area contributed by atoms with Crippen LogP contribution in [0.15, 0.2) is 22.5 Å². The highest BCUT2D eigenvalue weighted by molar-refractivity contribution is 8.01. The maximum absolute atomic E-state index is 12.1. The number of hydrogen-bond donors (Lipinski definition) is 0. The second-order valence-corrected chi connectivity index (χ2v) is 8.61. The summed E-state index contributed by atoms with van der Waals surface area (Å²) in [6.45, 7) is 2.36. The van der Waals surface area contributed by atoms with Crippen LogP contribution in [0.25, 0.3) is 0 Å². The number of rotatable bonds is 8. The summed E-state index contributed by atoms with van der Waals surface area (Å²) in [4.78, 5) is 13.9. The summed E-state index contributed by atoms with van der Waals surface area (Å²) in [6.07, 6.45) is 2.57. The van der Waals surface area contributed by atoms with Gasteiger partial charge in [-0.1, -0.05) is 53.2 Å². The van der Waals surface area contributed by atoms with Crippen LogP contribution in [-0.4, -0.2) is 34.5 Å². The van der Waals surface area contributed by atoms with Crippen LogP contribution in [0.1, 0.15) is 26.2 Å². The highest BCUT2D eigenvalue weighted by atomic mass is 35.5. The number of ether oxygens (including phenoxy) is 1. The topological polar surface area (TPSA) is 55.3 Å². The molecule has 1 amide bonds. The Morgan fingerprint density at radius 3 is 2.88 bits per heavy atom. The smallest absolute Gasteiger partial charge is 0.228 e. The molecule has 0 atom stereocenters. The summed E-state index contributed by atoms with van der Waals surface area (Å²) in [7, 11) is 0. The van der Waals surface area contributed by atoms with Gasteiger partial charge in [-0.2, -0.15) is 0 Å². The third kappa shape index (κ3) is 5.00. The number of amides is 1. The molecule has 1 aliphatic carbocycles. The van der Waals surface area contributed by atoms with Gasteiger partial charge in [0.25, 0.3) is 0 Å². The molecule has 2 aromatic rings. The summed E-state index contributed by atoms with van der Waals surface area (Å²) < 4.78 is 6.48. The lowest BCUT2D eigenvalue weighted by Gasteiger charge is -2.17. The van der Waals surface area contributed by atoms with Crippen molar-refractivity contribution in [2.75, 3.05) is 17.3 Å². The number of halogens is 2. The van der Waals surface area contributed by atoms with Crippen LogP contribution in [0.4, 0.5) is 5.13 Å². The molecule has 9 heteroatoms. The van der Waals surface area contributed by atoms with Crippen molar-refractivity contribution < 1.29 is 9.53 Å². The Bertz CT molecular complexity index is 753. The Balaban J connectivity index is 1.51. The van der Waals surface area contributed by atoms with E-state index in [0.29, 0.717) is 45.7 Å². The molecule has 0 N–H and O–H groups in total. The normalized spacial score (nSPS) is 13.7. The van der Waals surface area contributed by atoms with Crippen molar-refractivity contribution in [2.24, 2.45) is 0 Å². The number of carbonyl (C=O) groups is 1. The molecule has 5 nitrogen and oxygen atoms in total. The molecule has 0 radical (unpaired) electrons. The fourth-order valence-electron chi connectivity index (χ4n) is 2.20. The summed E-state index contributed by atoms with van der Waals surface area (Å²) in [5.41, 5.74) is 0. The van der Waals surface area contributed by atoms with Gasteiger partial charge in [0, 0.05) is 23.2 Å². The van der Waals surface area contributed by atoms with Crippen LogP contribution < -0.4 is 9.64 Å². The van der Waals surface area contributed by atoms with Crippen molar-refractivity contribution in [3.63, 3.8) is 0 Å². The van der Waals surface area contributed by atoms with Crippen LogP contribution in [-0.2, 0) is 4.79 Å². The first-order valence-corrected chi connectivity index (χ1v) is 10.5. The molecule has 3 rings (SSSR count). The van der Waals surface area contributed by atoms with E-state index in [4.69, 9.17) is 27.9 Å². The minimum absolute atomic E-state index is 0.107. The van der Waals surface area contributed by atoms with Crippen molar-refractivity contribution in [1.82, 2.24) is 10.2 Å². The molecule has 1 heterocycles. The molecule has 1 fully saturated rings. The van der Waals surface area contributed by atoms with Gasteiger partial charge in [-0.15, -0.1) is 10.2 Å². The largest absolute Gasteiger partial charge is 0.491 e. The Labute approximate surface area is 164 Å². The lowest BCUT2D eigenvalue weighted by molar-refractivity contribution is -0.118. The van der Waals surface area contributed by atoms with E-state index >= 15 is 0 Å². The zero-order chi connectivity index (χ0) is 17.8. The second kappa shape index (κ2) is 8.58. The monoisotopic (exact) mass is 417 g/mol. The van der Waals surface area contributed by atoms with E-state index in [1.54, 1.807) is 34.9 Å². The second-order valence-electron chi connectivity index (χ2n) is 5.47. The summed E-state index contributed by atoms with van der Waals surface area (Å²) in [5, 5.41) is 10.1. The first kappa shape index (κ1) is 18.8. The predicted octanol–water partition coefficient (Wildman–Crippen LogP) is 4.92. The SMILES string of the molecule is CCC(=O)N(c1nnc(SCCOc2ccc(Cl)cc2Cl)s1)C1CC1. The Hall–Kier alpha value is -1.02. The molecule has 1 aromatic heterocycles. The van der Waals surface area contributed by atoms with Crippen molar-refractivity contribution in [3.8, 4) is 5.75 Å². The van der Waals surface area contributed by atoms with Crippen molar-refractivity contribution in [2.45, 2.75) is 36.6 Å². The third-order valence-electron chi connectivity index (χ3n) is 3.55. The van der Waals surface area contributed by atoms with Crippen LogP contribution >= 0.6 is 46.3 Å². The quantitative estimate of drug-likeness (QED) is 0.346. The number of nitrogens with zero attached hydrogens (tertiary/aromatic N) is 3. The zero-order valence-electron chi connectivity index (χ0n) is 13.6. The molecule has 1 aromatic carbocycles. The average molecular weight is 418 g/mol. The third-order valence-corrected chi connectivity index (χ3v) is 6.10. The summed E-state index contributed by atoms with van der Waals surface area (Å²) in [6, 6.07) is 5.44. The van der Waals surface area contributed by atoms with Crippen LogP contribution in [0.2, 0.25) is 10.0 Å². The molecule has 134 valence electrons. The van der Waals surface area contributed by atoms with E-state index in [1.807, 2.05) is 6.92 Å². The van der Waals surface area contributed by atoms with E-state index in [1.165, 1.54) is 11.3 Å². The maximum Gasteiger partial charge on any atom is 0.228 e. The molecule has 0 unspecified atom stereocenters. The Morgan fingerprint density at radius 2 is 2.20 bits per heavy atom. The van der Waals surface area contributed by atoms with Gasteiger partial charge in [-0.05, 0) is 31.0 Å². The lowest BCUT2D eigenvalue weighted by atomic mass is 10.3. The summed E-state index contributed by atoms with van der Waals surface area (Å²) in [5.74, 6) is 1.42. The minimum atomic E-state index is 0.107. The molecular weight excluding hydrogens is 401 g/mol. The van der Waals surface area contributed by atoms with Gasteiger partial charge >= 0.3 is 0 Å². The van der Waals surface area contributed by atoms with E-state index in [2.05, 4.69) is 10.2 Å². The van der Waals surface area contributed by atoms with Crippen molar-refractivity contribution >= 4 is 57.3 Å². The van der Waals surface area contributed by atoms with E-state index in [9.17, 15) is 4.79 Å². The minimum Gasteiger partial charge on any atom is -0.491 e. The number of hydrogen-bond acceptors (Lipinski definition) is 6. The molecule has 1 saturated carbocycles. The van der Waals surface area contributed by atoms with Crippen LogP contribution in [0, 0.1) is 0 Å². The van der Waals surface area contributed by atoms with Gasteiger partial charge in [-0.3, -0.25) is 9.69 Å². The number of carbonyl (C=O) groups excluding carboxylic acids is 1. The molecule has 0 bridgehead atoms. The van der Waals surface area contributed by atoms with Gasteiger partial charge in [0.1, 0.15) is 5.75 Å². The van der Waals surface area contributed by atoms with Gasteiger partial charge in [0.15, 0.2) is 4.34 Å². The maximum atomic E-state index is 12.1. The lowest BCUT2D eigenvalue weighted by Crippen LogP contribution is -2.32. The van der Waals surface area contributed by atoms with Crippen LogP contribution in [0.3, 0.4) is 0 Å². The summed E-state index contributed by atoms with van der Waals surface area (Å²) >= 11 is 14.9. The molecule has 25 heavy (non-hydrogen) atoms. The Kier molecular flexibility index (Phi) is 6.44. The van der Waals surface area contributed by atoms with Crippen molar-refractivity contribution in [1.29, 1.82) is 0 Å². The number of thioether (sulfide) groups is 1. The van der Waals surface area contributed by atoms with Gasteiger partial charge < -0.3 is 4.74 Å². The predicted molar refractivity (Wildman–Crippen MR) is 103 cm³/mol. The number of benzene rings is 1. The molecule has 1 aliphatic rings. The Morgan fingerprint density at radius 1 is 1.40 bits per heavy atom. The molecule has 0 saturated heterocycles. The zero-order valence-corrected chi connectivity index (χ0v) is 16.7. The first-order valence-electron chi connectivity index (χ1n) is 7.94. The van der Waals surface area contributed by atoms with E-state index in [0.717, 1.165) is 17.2 Å². The van der Waals surface area contributed by atoms with Gasteiger partial charge in [0.2, 0.25) is 11.0 Å². The molecular formula is C16H17Cl2N3O2S2. The molecule has 0 aliphatic heterocycles. The number of anilines is 1. The fourth-order valence-corrected chi connectivity index (χ4v) is 4.48. The van der Waals surface area contributed by atoms with Crippen molar-refractivity contribution in [3.05, 3.63) is 28.2 Å². The molecule has 0 spiro atoms. The van der Waals surface area contributed by atoms with Gasteiger partial charge in [0.05, 0.1) is 11.6 Å². The van der Waals surface area contributed by atoms with Crippen LogP contribution in [0.5, 0.6) is 5.75 Å². The fraction of sp³-hybridized carbons (Fsp3) is 0.438.